The van der Waals surface area contributed by atoms with Gasteiger partial charge in [0.05, 0.1) is 18.5 Å². The summed E-state index contributed by atoms with van der Waals surface area (Å²) in [6, 6.07) is 9.77. The number of anilines is 1. The SMILES string of the molecule is Nc1cncc(-c2ccccc2)c1CO. The van der Waals surface area contributed by atoms with Gasteiger partial charge in [0.25, 0.3) is 0 Å². The number of hydrogen-bond donors (Lipinski definition) is 2. The number of benzene rings is 1. The Morgan fingerprint density at radius 1 is 1.13 bits per heavy atom. The molecule has 0 aliphatic carbocycles. The first kappa shape index (κ1) is 9.68. The number of pyridine rings is 1. The van der Waals surface area contributed by atoms with E-state index < -0.39 is 0 Å². The molecule has 0 atom stereocenters. The number of aliphatic hydroxyl groups excluding tert-OH is 1. The molecule has 76 valence electrons. The highest BCUT2D eigenvalue weighted by Gasteiger charge is 2.07. The topological polar surface area (TPSA) is 59.1 Å². The van der Waals surface area contributed by atoms with Crippen molar-refractivity contribution in [2.45, 2.75) is 6.61 Å². The molecule has 3 heteroatoms. The highest BCUT2D eigenvalue weighted by molar-refractivity contribution is 5.71. The van der Waals surface area contributed by atoms with Crippen molar-refractivity contribution in [3.05, 3.63) is 48.3 Å². The predicted molar refractivity (Wildman–Crippen MR) is 60.0 cm³/mol. The maximum absolute atomic E-state index is 9.25. The molecular formula is C12H12N2O. The zero-order valence-corrected chi connectivity index (χ0v) is 8.22. The maximum Gasteiger partial charge on any atom is 0.0709 e. The number of nitrogens with zero attached hydrogens (tertiary/aromatic N) is 1. The van der Waals surface area contributed by atoms with E-state index in [1.165, 1.54) is 0 Å². The van der Waals surface area contributed by atoms with Crippen molar-refractivity contribution in [2.24, 2.45) is 0 Å². The highest BCUT2D eigenvalue weighted by atomic mass is 16.3. The van der Waals surface area contributed by atoms with Gasteiger partial charge in [0.15, 0.2) is 0 Å². The summed E-state index contributed by atoms with van der Waals surface area (Å²) in [6.07, 6.45) is 3.27. The van der Waals surface area contributed by atoms with Crippen LogP contribution in [0, 0.1) is 0 Å². The normalized spacial score (nSPS) is 10.2. The molecule has 3 N–H and O–H groups in total. The number of aliphatic hydroxyl groups is 1. The van der Waals surface area contributed by atoms with Crippen molar-refractivity contribution < 1.29 is 5.11 Å². The summed E-state index contributed by atoms with van der Waals surface area (Å²) in [5.41, 5.74) is 8.91. The highest BCUT2D eigenvalue weighted by Crippen LogP contribution is 2.26. The summed E-state index contributed by atoms with van der Waals surface area (Å²) in [5.74, 6) is 0. The third kappa shape index (κ3) is 1.82. The van der Waals surface area contributed by atoms with Gasteiger partial charge in [0, 0.05) is 17.3 Å². The van der Waals surface area contributed by atoms with Gasteiger partial charge in [0.1, 0.15) is 0 Å². The molecular weight excluding hydrogens is 188 g/mol. The monoisotopic (exact) mass is 200 g/mol. The Bertz CT molecular complexity index is 454. The van der Waals surface area contributed by atoms with Gasteiger partial charge < -0.3 is 10.8 Å². The van der Waals surface area contributed by atoms with Gasteiger partial charge in [0.2, 0.25) is 0 Å². The summed E-state index contributed by atoms with van der Waals surface area (Å²) in [5, 5.41) is 9.25. The molecule has 2 rings (SSSR count). The molecule has 15 heavy (non-hydrogen) atoms. The molecule has 1 aromatic carbocycles. The van der Waals surface area contributed by atoms with E-state index in [-0.39, 0.29) is 6.61 Å². The molecule has 0 spiro atoms. The second-order valence-corrected chi connectivity index (χ2v) is 3.28. The first-order chi connectivity index (χ1) is 7.33. The third-order valence-corrected chi connectivity index (χ3v) is 2.33. The van der Waals surface area contributed by atoms with Gasteiger partial charge in [-0.2, -0.15) is 0 Å². The Balaban J connectivity index is 2.58. The Morgan fingerprint density at radius 3 is 2.53 bits per heavy atom. The molecule has 3 nitrogen and oxygen atoms in total. The van der Waals surface area contributed by atoms with Gasteiger partial charge >= 0.3 is 0 Å². The zero-order chi connectivity index (χ0) is 10.7. The zero-order valence-electron chi connectivity index (χ0n) is 8.22. The fourth-order valence-electron chi connectivity index (χ4n) is 1.55. The molecule has 0 saturated carbocycles. The lowest BCUT2D eigenvalue weighted by Crippen LogP contribution is -1.98. The molecule has 0 aliphatic heterocycles. The molecule has 0 unspecified atom stereocenters. The van der Waals surface area contributed by atoms with Crippen LogP contribution in [0.2, 0.25) is 0 Å². The standard InChI is InChI=1S/C12H12N2O/c13-12-7-14-6-10(11(12)8-15)9-4-2-1-3-5-9/h1-7,15H,8,13H2. The van der Waals surface area contributed by atoms with E-state index >= 15 is 0 Å². The number of nitrogens with two attached hydrogens (primary N) is 1. The minimum absolute atomic E-state index is 0.0709. The fourth-order valence-corrected chi connectivity index (χ4v) is 1.55. The fraction of sp³-hybridized carbons (Fsp3) is 0.0833. The van der Waals surface area contributed by atoms with Crippen LogP contribution in [0.4, 0.5) is 5.69 Å². The molecule has 1 aromatic heterocycles. The van der Waals surface area contributed by atoms with Crippen LogP contribution in [0.25, 0.3) is 11.1 Å². The lowest BCUT2D eigenvalue weighted by molar-refractivity contribution is 0.283. The minimum atomic E-state index is -0.0709. The van der Waals surface area contributed by atoms with Crippen LogP contribution >= 0.6 is 0 Å². The Labute approximate surface area is 88.2 Å². The van der Waals surface area contributed by atoms with Crippen molar-refractivity contribution in [1.29, 1.82) is 0 Å². The number of hydrogen-bond acceptors (Lipinski definition) is 3. The molecule has 0 fully saturated rings. The van der Waals surface area contributed by atoms with Crippen molar-refractivity contribution in [1.82, 2.24) is 4.98 Å². The van der Waals surface area contributed by atoms with E-state index in [4.69, 9.17) is 5.73 Å². The lowest BCUT2D eigenvalue weighted by atomic mass is 10.0. The van der Waals surface area contributed by atoms with Crippen molar-refractivity contribution in [3.63, 3.8) is 0 Å². The van der Waals surface area contributed by atoms with E-state index in [1.54, 1.807) is 12.4 Å². The van der Waals surface area contributed by atoms with Crippen LogP contribution < -0.4 is 5.73 Å². The molecule has 0 bridgehead atoms. The number of aromatic nitrogens is 1. The van der Waals surface area contributed by atoms with E-state index in [1.807, 2.05) is 30.3 Å². The number of nitrogen functional groups attached to an aromatic ring is 1. The van der Waals surface area contributed by atoms with Crippen molar-refractivity contribution >= 4 is 5.69 Å². The molecule has 0 aliphatic rings. The van der Waals surface area contributed by atoms with Crippen LogP contribution in [0.5, 0.6) is 0 Å². The summed E-state index contributed by atoms with van der Waals surface area (Å²) in [4.78, 5) is 4.03. The summed E-state index contributed by atoms with van der Waals surface area (Å²) in [7, 11) is 0. The minimum Gasteiger partial charge on any atom is -0.397 e. The first-order valence-electron chi connectivity index (χ1n) is 4.71. The average molecular weight is 200 g/mol. The molecule has 0 radical (unpaired) electrons. The second kappa shape index (κ2) is 4.11. The third-order valence-electron chi connectivity index (χ3n) is 2.33. The lowest BCUT2D eigenvalue weighted by Gasteiger charge is -2.09. The molecule has 2 aromatic rings. The van der Waals surface area contributed by atoms with Gasteiger partial charge in [-0.25, -0.2) is 0 Å². The summed E-state index contributed by atoms with van der Waals surface area (Å²) < 4.78 is 0. The smallest absolute Gasteiger partial charge is 0.0709 e. The summed E-state index contributed by atoms with van der Waals surface area (Å²) >= 11 is 0. The van der Waals surface area contributed by atoms with Crippen LogP contribution in [0.3, 0.4) is 0 Å². The molecule has 1 heterocycles. The van der Waals surface area contributed by atoms with Gasteiger partial charge in [-0.3, -0.25) is 4.98 Å². The Kier molecular flexibility index (Phi) is 2.65. The van der Waals surface area contributed by atoms with Crippen LogP contribution in [-0.2, 0) is 6.61 Å². The van der Waals surface area contributed by atoms with E-state index in [2.05, 4.69) is 4.98 Å². The van der Waals surface area contributed by atoms with Crippen LogP contribution in [0.15, 0.2) is 42.7 Å². The van der Waals surface area contributed by atoms with Gasteiger partial charge in [-0.05, 0) is 5.56 Å². The van der Waals surface area contributed by atoms with E-state index in [9.17, 15) is 5.11 Å². The van der Waals surface area contributed by atoms with Crippen molar-refractivity contribution in [2.75, 3.05) is 5.73 Å². The van der Waals surface area contributed by atoms with E-state index in [0.29, 0.717) is 5.69 Å². The number of rotatable bonds is 2. The van der Waals surface area contributed by atoms with Gasteiger partial charge in [-0.15, -0.1) is 0 Å². The van der Waals surface area contributed by atoms with Gasteiger partial charge in [-0.1, -0.05) is 30.3 Å². The molecule has 0 amide bonds. The van der Waals surface area contributed by atoms with E-state index in [0.717, 1.165) is 16.7 Å². The quantitative estimate of drug-likeness (QED) is 0.777. The Hall–Kier alpha value is -1.87. The predicted octanol–water partition coefficient (Wildman–Crippen LogP) is 1.82. The Morgan fingerprint density at radius 2 is 1.87 bits per heavy atom. The van der Waals surface area contributed by atoms with Crippen LogP contribution in [0.1, 0.15) is 5.56 Å². The van der Waals surface area contributed by atoms with Crippen molar-refractivity contribution in [3.8, 4) is 11.1 Å². The maximum atomic E-state index is 9.25. The molecule has 0 saturated heterocycles. The first-order valence-corrected chi connectivity index (χ1v) is 4.71. The van der Waals surface area contributed by atoms with Crippen LogP contribution in [-0.4, -0.2) is 10.1 Å². The largest absolute Gasteiger partial charge is 0.397 e. The second-order valence-electron chi connectivity index (χ2n) is 3.28. The summed E-state index contributed by atoms with van der Waals surface area (Å²) in [6.45, 7) is -0.0709. The average Bonchev–Trinajstić information content (AvgIpc) is 2.30.